The zero-order chi connectivity index (χ0) is 37.8. The van der Waals surface area contributed by atoms with E-state index in [2.05, 4.69) is 51.9 Å². The number of aliphatic hydroxyl groups excluding tert-OH is 3. The maximum atomic E-state index is 12.2. The minimum absolute atomic E-state index is 0.0277. The van der Waals surface area contributed by atoms with Crippen LogP contribution in [0.3, 0.4) is 0 Å². The Hall–Kier alpha value is -2.94. The van der Waals surface area contributed by atoms with Gasteiger partial charge in [0.05, 0.1) is 32.0 Å². The van der Waals surface area contributed by atoms with E-state index in [1.54, 1.807) is 0 Å². The topological polar surface area (TPSA) is 425 Å². The number of imidazole rings is 2. The Labute approximate surface area is 288 Å². The molecule has 0 aromatic carbocycles. The van der Waals surface area contributed by atoms with Gasteiger partial charge in [0.25, 0.3) is 31.3 Å². The second kappa shape index (κ2) is 14.4. The number of nitrogen functional groups attached to an aromatic ring is 2. The van der Waals surface area contributed by atoms with E-state index >= 15 is 0 Å². The van der Waals surface area contributed by atoms with Crippen LogP contribution in [0.2, 0.25) is 0 Å². The van der Waals surface area contributed by atoms with Crippen LogP contribution in [-0.4, -0.2) is 98.1 Å². The normalized spacial score (nSPS) is 29.9. The molecular formula is C20H24N10O18P4-4. The zero-order valence-electron chi connectivity index (χ0n) is 25.5. The van der Waals surface area contributed by atoms with Crippen molar-refractivity contribution in [3.8, 4) is 0 Å². The summed E-state index contributed by atoms with van der Waals surface area (Å²) in [5.74, 6) is 0.0198. The molecule has 0 amide bonds. The van der Waals surface area contributed by atoms with Crippen LogP contribution in [0.15, 0.2) is 25.3 Å². The number of hydrogen-bond donors (Lipinski definition) is 5. The molecule has 0 spiro atoms. The van der Waals surface area contributed by atoms with Gasteiger partial charge in [0, 0.05) is 6.42 Å². The van der Waals surface area contributed by atoms with E-state index in [0.29, 0.717) is 0 Å². The summed E-state index contributed by atoms with van der Waals surface area (Å²) in [6.07, 6.45) is -6.01. The molecule has 2 fully saturated rings. The molecule has 0 radical (unpaired) electrons. The van der Waals surface area contributed by atoms with Crippen molar-refractivity contribution >= 4 is 65.3 Å². The number of nitrogens with zero attached hydrogens (tertiary/aromatic N) is 8. The lowest BCUT2D eigenvalue weighted by molar-refractivity contribution is -0.255. The molecule has 6 rings (SSSR count). The number of aromatic nitrogens is 8. The summed E-state index contributed by atoms with van der Waals surface area (Å²) in [7, 11) is -25.2. The molecule has 28 nitrogen and oxygen atoms in total. The van der Waals surface area contributed by atoms with Crippen LogP contribution in [0.4, 0.5) is 11.6 Å². The summed E-state index contributed by atoms with van der Waals surface area (Å²) in [5.41, 5.74) is 12.0. The van der Waals surface area contributed by atoms with Gasteiger partial charge in [-0.1, -0.05) is 0 Å². The van der Waals surface area contributed by atoms with E-state index in [9.17, 15) is 53.2 Å². The largest absolute Gasteiger partial charge is 0.756 e. The molecule has 0 bridgehead atoms. The molecule has 6 unspecified atom stereocenters. The first-order chi connectivity index (χ1) is 24.2. The molecule has 4 aromatic rings. The number of aliphatic hydroxyl groups is 3. The fourth-order valence-corrected chi connectivity index (χ4v) is 9.79. The fourth-order valence-electron chi connectivity index (χ4n) is 5.04. The molecule has 52 heavy (non-hydrogen) atoms. The number of hydrogen-bond acceptors (Lipinski definition) is 26. The first-order valence-corrected chi connectivity index (χ1v) is 20.0. The first-order valence-electron chi connectivity index (χ1n) is 14.1. The number of phosphoric ester groups is 2. The van der Waals surface area contributed by atoms with Crippen molar-refractivity contribution in [2.24, 2.45) is 0 Å². The number of phosphoric acid groups is 4. The summed E-state index contributed by atoms with van der Waals surface area (Å²) < 4.78 is 81.7. The second-order valence-corrected chi connectivity index (χ2v) is 16.8. The van der Waals surface area contributed by atoms with Crippen LogP contribution < -0.4 is 31.0 Å². The molecule has 32 heteroatoms. The van der Waals surface area contributed by atoms with E-state index in [1.807, 2.05) is 0 Å². The van der Waals surface area contributed by atoms with Crippen molar-refractivity contribution in [2.75, 3.05) is 24.7 Å². The highest BCUT2D eigenvalue weighted by Crippen LogP contribution is 2.67. The van der Waals surface area contributed by atoms with Crippen LogP contribution in [-0.2, 0) is 49.7 Å². The summed E-state index contributed by atoms with van der Waals surface area (Å²) >= 11 is 0. The lowest BCUT2D eigenvalue weighted by atomic mass is 10.1. The maximum Gasteiger partial charge on any atom is 0.280 e. The van der Waals surface area contributed by atoms with Crippen molar-refractivity contribution in [1.29, 1.82) is 0 Å². The monoisotopic (exact) mass is 816 g/mol. The van der Waals surface area contributed by atoms with Gasteiger partial charge in [-0.25, -0.2) is 42.8 Å². The number of anilines is 2. The number of ether oxygens (including phenoxy) is 2. The molecule has 0 saturated carbocycles. The van der Waals surface area contributed by atoms with Gasteiger partial charge >= 0.3 is 0 Å². The lowest BCUT2D eigenvalue weighted by Crippen LogP contribution is -2.34. The lowest BCUT2D eigenvalue weighted by Gasteiger charge is -2.36. The third-order valence-electron chi connectivity index (χ3n) is 7.29. The summed E-state index contributed by atoms with van der Waals surface area (Å²) in [4.78, 5) is 72.1. The van der Waals surface area contributed by atoms with E-state index in [-0.39, 0.29) is 40.4 Å². The highest BCUT2D eigenvalue weighted by molar-refractivity contribution is 7.68. The minimum Gasteiger partial charge on any atom is -0.756 e. The Morgan fingerprint density at radius 3 is 1.73 bits per heavy atom. The average molecular weight is 816 g/mol. The molecule has 2 saturated heterocycles. The Bertz CT molecular complexity index is 2160. The highest BCUT2D eigenvalue weighted by Gasteiger charge is 2.45. The SMILES string of the molecule is Nc1ncnc2c1ncn2[C@@H]1O[C@H](COP(=O)([O-])OP(=O)([O-])OP(=O)([O-])OP(=O)([O-])OC[C@H]2O[C@@H](n3cnc4c(N)ncnc43)CC2O)[C@H](O)C1O. The van der Waals surface area contributed by atoms with E-state index in [1.165, 1.54) is 10.9 Å². The van der Waals surface area contributed by atoms with Crippen LogP contribution in [0.1, 0.15) is 18.9 Å². The Morgan fingerprint density at radius 2 is 1.17 bits per heavy atom. The summed E-state index contributed by atoms with van der Waals surface area (Å²) in [6, 6.07) is 0. The molecular weight excluding hydrogens is 792 g/mol. The van der Waals surface area contributed by atoms with Crippen LogP contribution >= 0.6 is 31.3 Å². The fraction of sp³-hybridized carbons (Fsp3) is 0.500. The van der Waals surface area contributed by atoms with Gasteiger partial charge in [0.15, 0.2) is 29.2 Å². The Morgan fingerprint density at radius 1 is 0.692 bits per heavy atom. The van der Waals surface area contributed by atoms with Crippen LogP contribution in [0.25, 0.3) is 22.3 Å². The summed E-state index contributed by atoms with van der Waals surface area (Å²) in [6.45, 7) is -2.26. The van der Waals surface area contributed by atoms with Gasteiger partial charge in [-0.05, 0) is 0 Å². The van der Waals surface area contributed by atoms with Crippen molar-refractivity contribution in [1.82, 2.24) is 39.0 Å². The molecule has 2 aliphatic rings. The standard InChI is InChI=1S/C20H28N10O18P4/c21-16-12-18(25-4-23-16)29(6-27-12)11-1-8(31)9(44-11)2-42-49(34,35)46-51(38,39)48-52(40,41)47-50(36,37)43-3-10-14(32)15(33)20(45-10)30-7-28-13-17(22)24-5-26-19(13)30/h4-11,14-15,20,31-33H,1-3H2,(H,34,35)(H,36,37)(H,38,39)(H,40,41)(H2,21,23,25)(H2,22,24,26)/p-4/t8?,9-,10-,11-,14+,15?,20-/m1/s1. The predicted octanol–water partition coefficient (Wildman–Crippen LogP) is -3.95. The number of rotatable bonds is 14. The summed E-state index contributed by atoms with van der Waals surface area (Å²) in [5, 5.41) is 31.2. The van der Waals surface area contributed by atoms with Crippen molar-refractivity contribution in [2.45, 2.75) is 49.4 Å². The average Bonchev–Trinajstić information content (AvgIpc) is 3.80. The molecule has 11 atom stereocenters. The molecule has 7 N–H and O–H groups in total. The van der Waals surface area contributed by atoms with Gasteiger partial charge < -0.3 is 64.9 Å². The van der Waals surface area contributed by atoms with Crippen molar-refractivity contribution in [3.05, 3.63) is 25.3 Å². The molecule has 0 aliphatic carbocycles. The van der Waals surface area contributed by atoms with Crippen LogP contribution in [0.5, 0.6) is 0 Å². The van der Waals surface area contributed by atoms with Crippen molar-refractivity contribution < 1.29 is 84.6 Å². The zero-order valence-corrected chi connectivity index (χ0v) is 29.0. The Kier molecular flexibility index (Phi) is 10.7. The first kappa shape index (κ1) is 38.8. The predicted molar refractivity (Wildman–Crippen MR) is 156 cm³/mol. The second-order valence-electron chi connectivity index (χ2n) is 10.8. The van der Waals surface area contributed by atoms with Gasteiger partial charge in [0.2, 0.25) is 0 Å². The highest BCUT2D eigenvalue weighted by atomic mass is 31.3. The molecule has 286 valence electrons. The minimum atomic E-state index is -6.55. The number of fused-ring (bicyclic) bond motifs is 2. The smallest absolute Gasteiger partial charge is 0.280 e. The van der Waals surface area contributed by atoms with E-state index < -0.39 is 87.5 Å². The quantitative estimate of drug-likeness (QED) is 0.0758. The molecule has 4 aromatic heterocycles. The number of nitrogens with two attached hydrogens (primary N) is 2. The van der Waals surface area contributed by atoms with Gasteiger partial charge in [-0.2, -0.15) is 0 Å². The molecule has 2 aliphatic heterocycles. The van der Waals surface area contributed by atoms with E-state index in [4.69, 9.17) is 20.9 Å². The van der Waals surface area contributed by atoms with Gasteiger partial charge in [-0.15, -0.1) is 0 Å². The van der Waals surface area contributed by atoms with Gasteiger partial charge in [0.1, 0.15) is 54.3 Å². The third-order valence-corrected chi connectivity index (χ3v) is 13.0. The van der Waals surface area contributed by atoms with Crippen LogP contribution in [0, 0.1) is 0 Å². The maximum absolute atomic E-state index is 12.2. The van der Waals surface area contributed by atoms with Gasteiger partial charge in [-0.3, -0.25) is 27.4 Å². The Balaban J connectivity index is 1.00. The van der Waals surface area contributed by atoms with E-state index in [0.717, 1.165) is 23.5 Å². The third kappa shape index (κ3) is 8.39. The van der Waals surface area contributed by atoms with Crippen molar-refractivity contribution in [3.63, 3.8) is 0 Å². The molecule has 6 heterocycles.